The molecule has 0 amide bonds. The van der Waals surface area contributed by atoms with E-state index in [-0.39, 0.29) is 71.2 Å². The van der Waals surface area contributed by atoms with Crippen LogP contribution in [0.5, 0.6) is 0 Å². The van der Waals surface area contributed by atoms with Crippen molar-refractivity contribution in [2.45, 2.75) is 104 Å². The van der Waals surface area contributed by atoms with Crippen molar-refractivity contribution in [3.63, 3.8) is 0 Å². The molecule has 240 valence electrons. The van der Waals surface area contributed by atoms with Crippen LogP contribution in [0.4, 0.5) is 0 Å². The van der Waals surface area contributed by atoms with Crippen molar-refractivity contribution < 1.29 is 98.7 Å². The number of carboxylic acid groups (broad SMARTS) is 4. The van der Waals surface area contributed by atoms with Crippen molar-refractivity contribution in [2.75, 3.05) is 0 Å². The van der Waals surface area contributed by atoms with Crippen LogP contribution < -0.4 is 80.0 Å². The summed E-state index contributed by atoms with van der Waals surface area (Å²) < 4.78 is 0. The normalized spacial score (nSPS) is 25.3. The fourth-order valence-corrected chi connectivity index (χ4v) is 6.19. The summed E-state index contributed by atoms with van der Waals surface area (Å²) in [4.78, 5) is 45.3. The standard InChI is InChI=1S/2C17H23NO4.2Na/c2*1-3-4-5-6-13-8-12-7-11(2)17(16(21)22,10-15(19)20)9-14(12)18-13;;/h2*7-9,13,18H,3-6,10H2,1-2H3,(H,19,20)(H,21,22);;/q;;2*+1/p-2. The molecule has 0 aromatic heterocycles. The van der Waals surface area contributed by atoms with Gasteiger partial charge in [0.1, 0.15) is 0 Å². The van der Waals surface area contributed by atoms with E-state index in [1.54, 1.807) is 26.0 Å². The van der Waals surface area contributed by atoms with Crippen LogP contribution in [-0.2, 0) is 19.2 Å². The maximum Gasteiger partial charge on any atom is 1.00 e. The Morgan fingerprint density at radius 3 is 1.33 bits per heavy atom. The summed E-state index contributed by atoms with van der Waals surface area (Å²) in [6.45, 7) is 7.60. The van der Waals surface area contributed by atoms with E-state index in [9.17, 15) is 29.4 Å². The molecule has 2 aliphatic carbocycles. The number of nitrogens with one attached hydrogen (secondary N) is 2. The van der Waals surface area contributed by atoms with Gasteiger partial charge in [0.15, 0.2) is 0 Å². The molecule has 0 saturated heterocycles. The van der Waals surface area contributed by atoms with Crippen LogP contribution in [0.1, 0.15) is 91.9 Å². The van der Waals surface area contributed by atoms with E-state index in [0.717, 1.165) is 62.5 Å². The quantitative estimate of drug-likeness (QED) is 0.112. The Labute approximate surface area is 315 Å². The molecule has 4 rings (SSSR count). The Hall–Kier alpha value is -2.08. The number of carboxylic acids is 4. The van der Waals surface area contributed by atoms with E-state index >= 15 is 0 Å². The topological polar surface area (TPSA) is 179 Å². The molecular weight excluding hydrogens is 610 g/mol. The average molecular weight is 655 g/mol. The van der Waals surface area contributed by atoms with Crippen LogP contribution >= 0.6 is 0 Å². The summed E-state index contributed by atoms with van der Waals surface area (Å²) in [5.41, 5.74) is 1.17. The number of aliphatic carboxylic acids is 4. The summed E-state index contributed by atoms with van der Waals surface area (Å²) in [7, 11) is 0. The van der Waals surface area contributed by atoms with Gasteiger partial charge in [-0.3, -0.25) is 9.59 Å². The van der Waals surface area contributed by atoms with Gasteiger partial charge in [0.05, 0.1) is 35.6 Å². The zero-order chi connectivity index (χ0) is 32.7. The van der Waals surface area contributed by atoms with Gasteiger partial charge in [0.2, 0.25) is 0 Å². The van der Waals surface area contributed by atoms with Gasteiger partial charge in [0.25, 0.3) is 0 Å². The summed E-state index contributed by atoms with van der Waals surface area (Å²) in [5.74, 6) is -5.05. The first-order valence-corrected chi connectivity index (χ1v) is 15.4. The Morgan fingerprint density at radius 2 is 1.04 bits per heavy atom. The van der Waals surface area contributed by atoms with Crippen LogP contribution in [0.2, 0.25) is 0 Å². The van der Waals surface area contributed by atoms with Gasteiger partial charge in [0, 0.05) is 23.5 Å². The summed E-state index contributed by atoms with van der Waals surface area (Å²) in [6, 6.07) is 0.360. The number of allylic oxidation sites excluding steroid dienone is 2. The van der Waals surface area contributed by atoms with E-state index in [1.165, 1.54) is 12.2 Å². The zero-order valence-corrected chi connectivity index (χ0v) is 32.0. The monoisotopic (exact) mass is 654 g/mol. The number of rotatable bonds is 14. The maximum atomic E-state index is 11.6. The minimum atomic E-state index is -1.57. The summed E-state index contributed by atoms with van der Waals surface area (Å²) >= 11 is 0. The number of hydrogen-bond donors (Lipinski definition) is 4. The Bertz CT molecular complexity index is 1260. The largest absolute Gasteiger partial charge is 1.00 e. The molecule has 10 nitrogen and oxygen atoms in total. The summed E-state index contributed by atoms with van der Waals surface area (Å²) in [6.07, 6.45) is 18.5. The molecule has 4 unspecified atom stereocenters. The molecule has 0 aromatic carbocycles. The van der Waals surface area contributed by atoms with Crippen LogP contribution in [0.15, 0.2) is 70.1 Å². The van der Waals surface area contributed by atoms with Gasteiger partial charge in [-0.05, 0) is 50.0 Å². The molecule has 4 N–H and O–H groups in total. The van der Waals surface area contributed by atoms with Crippen molar-refractivity contribution in [3.05, 3.63) is 70.1 Å². The molecule has 0 bridgehead atoms. The van der Waals surface area contributed by atoms with Crippen LogP contribution in [0.25, 0.3) is 0 Å². The fraction of sp³-hybridized carbons (Fsp3) is 0.529. The second-order valence-corrected chi connectivity index (χ2v) is 12.2. The third-order valence-corrected chi connectivity index (χ3v) is 8.82. The van der Waals surface area contributed by atoms with Crippen LogP contribution in [0, 0.1) is 10.8 Å². The minimum Gasteiger partial charge on any atom is -0.549 e. The van der Waals surface area contributed by atoms with E-state index in [0.29, 0.717) is 22.5 Å². The van der Waals surface area contributed by atoms with Crippen molar-refractivity contribution in [1.82, 2.24) is 10.6 Å². The molecule has 46 heavy (non-hydrogen) atoms. The summed E-state index contributed by atoms with van der Waals surface area (Å²) in [5, 5.41) is 47.9. The maximum absolute atomic E-state index is 11.6. The van der Waals surface area contributed by atoms with Crippen molar-refractivity contribution in [3.8, 4) is 0 Å². The molecule has 0 fully saturated rings. The number of unbranched alkanes of at least 4 members (excludes halogenated alkanes) is 4. The van der Waals surface area contributed by atoms with Gasteiger partial charge in [-0.25, -0.2) is 0 Å². The molecule has 0 radical (unpaired) electrons. The molecule has 2 heterocycles. The number of hydrogen-bond acceptors (Lipinski definition) is 8. The number of carbonyl (C=O) groups is 4. The Kier molecular flexibility index (Phi) is 16.8. The van der Waals surface area contributed by atoms with Crippen molar-refractivity contribution in [2.24, 2.45) is 10.8 Å². The molecule has 4 atom stereocenters. The smallest absolute Gasteiger partial charge is 0.549 e. The van der Waals surface area contributed by atoms with Gasteiger partial charge in [-0.15, -0.1) is 0 Å². The predicted molar refractivity (Wildman–Crippen MR) is 161 cm³/mol. The Morgan fingerprint density at radius 1 is 0.696 bits per heavy atom. The van der Waals surface area contributed by atoms with E-state index in [2.05, 4.69) is 36.6 Å². The first-order valence-electron chi connectivity index (χ1n) is 15.4. The first-order chi connectivity index (χ1) is 20.8. The number of fused-ring (bicyclic) bond motifs is 2. The van der Waals surface area contributed by atoms with Crippen LogP contribution in [-0.4, -0.2) is 46.2 Å². The second-order valence-electron chi connectivity index (χ2n) is 12.2. The predicted octanol–water partition coefficient (Wildman–Crippen LogP) is -2.95. The second kappa shape index (κ2) is 18.5. The van der Waals surface area contributed by atoms with Gasteiger partial charge < -0.3 is 40.6 Å². The SMILES string of the molecule is CCCCCC1C=C2C=C(C)C(CC(=O)O)(C(=O)[O-])C=C2N1.CCCCCC1C=C2C=C(C)C(CC(=O)O)(C(=O)[O-])C=C2N1.[Na+].[Na+]. The third kappa shape index (κ3) is 9.97. The molecule has 0 aromatic rings. The van der Waals surface area contributed by atoms with Crippen molar-refractivity contribution >= 4 is 23.9 Å². The van der Waals surface area contributed by atoms with E-state index < -0.39 is 47.5 Å². The van der Waals surface area contributed by atoms with E-state index in [4.69, 9.17) is 10.2 Å². The molecule has 2 aliphatic heterocycles. The van der Waals surface area contributed by atoms with E-state index in [1.807, 2.05) is 0 Å². The molecule has 12 heteroatoms. The van der Waals surface area contributed by atoms with Crippen LogP contribution in [0.3, 0.4) is 0 Å². The number of carbonyl (C=O) groups excluding carboxylic acids is 2. The molecular formula is C34H44N2Na2O8. The molecule has 0 saturated carbocycles. The van der Waals surface area contributed by atoms with Gasteiger partial charge in [-0.1, -0.05) is 87.8 Å². The molecule has 0 spiro atoms. The van der Waals surface area contributed by atoms with Gasteiger partial charge in [-0.2, -0.15) is 0 Å². The molecule has 4 aliphatic rings. The Balaban J connectivity index is 0.000000441. The van der Waals surface area contributed by atoms with Crippen molar-refractivity contribution in [1.29, 1.82) is 0 Å². The minimum absolute atomic E-state index is 0. The van der Waals surface area contributed by atoms with Gasteiger partial charge >= 0.3 is 71.1 Å². The zero-order valence-electron chi connectivity index (χ0n) is 28.0. The fourth-order valence-electron chi connectivity index (χ4n) is 6.19. The third-order valence-electron chi connectivity index (χ3n) is 8.82. The first kappa shape index (κ1) is 41.9. The average Bonchev–Trinajstić information content (AvgIpc) is 3.50.